The van der Waals surface area contributed by atoms with Crippen molar-refractivity contribution in [2.45, 2.75) is 38.1 Å². The second-order valence-electron chi connectivity index (χ2n) is 6.81. The average molecular weight is 374 g/mol. The molecule has 144 valence electrons. The van der Waals surface area contributed by atoms with E-state index >= 15 is 0 Å². The van der Waals surface area contributed by atoms with Crippen molar-refractivity contribution in [2.24, 2.45) is 0 Å². The van der Waals surface area contributed by atoms with Crippen LogP contribution in [0.1, 0.15) is 31.2 Å². The highest BCUT2D eigenvalue weighted by Crippen LogP contribution is 2.34. The fourth-order valence-corrected chi connectivity index (χ4v) is 3.28. The average Bonchev–Trinajstić information content (AvgIpc) is 3.20. The molecule has 0 atom stereocenters. The van der Waals surface area contributed by atoms with Gasteiger partial charge in [-0.05, 0) is 31.9 Å². The number of amides is 5. The number of aryl methyl sites for hydroxylation is 1. The first-order valence-electron chi connectivity index (χ1n) is 8.81. The molecule has 1 saturated carbocycles. The molecule has 1 aromatic rings. The number of carbonyl (C=O) groups is 4. The van der Waals surface area contributed by atoms with Crippen LogP contribution in [-0.4, -0.2) is 47.3 Å². The van der Waals surface area contributed by atoms with E-state index in [9.17, 15) is 19.2 Å². The van der Waals surface area contributed by atoms with E-state index in [-0.39, 0.29) is 12.5 Å². The van der Waals surface area contributed by atoms with Crippen molar-refractivity contribution < 1.29 is 23.9 Å². The van der Waals surface area contributed by atoms with E-state index in [0.29, 0.717) is 18.6 Å². The lowest BCUT2D eigenvalue weighted by Gasteiger charge is -2.19. The molecule has 0 aromatic heterocycles. The number of rotatable bonds is 5. The van der Waals surface area contributed by atoms with Crippen molar-refractivity contribution in [1.82, 2.24) is 21.1 Å². The van der Waals surface area contributed by atoms with Gasteiger partial charge in [-0.3, -0.25) is 30.1 Å². The summed E-state index contributed by atoms with van der Waals surface area (Å²) in [4.78, 5) is 49.1. The van der Waals surface area contributed by atoms with Crippen LogP contribution in [0.3, 0.4) is 0 Å². The second-order valence-corrected chi connectivity index (χ2v) is 6.81. The van der Waals surface area contributed by atoms with E-state index in [1.165, 1.54) is 0 Å². The van der Waals surface area contributed by atoms with Gasteiger partial charge in [0.2, 0.25) is 0 Å². The lowest BCUT2D eigenvalue weighted by molar-refractivity contribution is -0.136. The van der Waals surface area contributed by atoms with Crippen LogP contribution in [0.4, 0.5) is 4.79 Å². The molecule has 0 unspecified atom stereocenters. The van der Waals surface area contributed by atoms with Crippen LogP contribution in [-0.2, 0) is 14.4 Å². The molecule has 1 aliphatic carbocycles. The number of urea groups is 1. The van der Waals surface area contributed by atoms with E-state index in [1.54, 1.807) is 12.1 Å². The van der Waals surface area contributed by atoms with Gasteiger partial charge in [0.05, 0.1) is 0 Å². The maximum atomic E-state index is 12.5. The van der Waals surface area contributed by atoms with Gasteiger partial charge in [-0.15, -0.1) is 0 Å². The highest BCUT2D eigenvalue weighted by molar-refractivity contribution is 6.09. The molecule has 1 aliphatic heterocycles. The number of hydrogen-bond acceptors (Lipinski definition) is 5. The largest absolute Gasteiger partial charge is 0.484 e. The van der Waals surface area contributed by atoms with Gasteiger partial charge >= 0.3 is 6.03 Å². The second kappa shape index (κ2) is 7.65. The van der Waals surface area contributed by atoms with Gasteiger partial charge in [0, 0.05) is 0 Å². The minimum atomic E-state index is -0.859. The van der Waals surface area contributed by atoms with Gasteiger partial charge in [0.1, 0.15) is 17.8 Å². The Morgan fingerprint density at radius 3 is 2.41 bits per heavy atom. The first-order valence-corrected chi connectivity index (χ1v) is 8.81. The molecule has 27 heavy (non-hydrogen) atoms. The predicted octanol–water partition coefficient (Wildman–Crippen LogP) is 0.386. The van der Waals surface area contributed by atoms with E-state index in [0.717, 1.165) is 23.3 Å². The summed E-state index contributed by atoms with van der Waals surface area (Å²) in [5.41, 5.74) is 4.59. The molecule has 0 radical (unpaired) electrons. The van der Waals surface area contributed by atoms with Crippen LogP contribution in [0.25, 0.3) is 0 Å². The third-order valence-corrected chi connectivity index (χ3v) is 4.74. The number of nitrogens with zero attached hydrogens (tertiary/aromatic N) is 1. The van der Waals surface area contributed by atoms with Crippen molar-refractivity contribution in [3.05, 3.63) is 29.8 Å². The molecule has 1 spiro atoms. The number of hydrogen-bond donors (Lipinski definition) is 3. The molecule has 1 heterocycles. The first kappa shape index (κ1) is 18.7. The third-order valence-electron chi connectivity index (χ3n) is 4.74. The monoisotopic (exact) mass is 374 g/mol. The minimum absolute atomic E-state index is 0.282. The van der Waals surface area contributed by atoms with Crippen molar-refractivity contribution >= 4 is 23.8 Å². The number of nitrogens with one attached hydrogen (secondary N) is 3. The summed E-state index contributed by atoms with van der Waals surface area (Å²) in [7, 11) is 0. The zero-order chi connectivity index (χ0) is 19.4. The SMILES string of the molecule is Cc1ccc(OCC(=O)NNC(=O)CN2C(=O)NC3(CCCC3)C2=O)cc1. The van der Waals surface area contributed by atoms with Gasteiger partial charge in [0.15, 0.2) is 6.61 Å². The topological polar surface area (TPSA) is 117 Å². The molecule has 2 aliphatic rings. The highest BCUT2D eigenvalue weighted by Gasteiger charge is 2.52. The molecule has 0 bridgehead atoms. The summed E-state index contributed by atoms with van der Waals surface area (Å²) in [6, 6.07) is 6.59. The lowest BCUT2D eigenvalue weighted by Crippen LogP contribution is -2.49. The van der Waals surface area contributed by atoms with Crippen molar-refractivity contribution in [2.75, 3.05) is 13.2 Å². The van der Waals surface area contributed by atoms with Crippen LogP contribution in [0.15, 0.2) is 24.3 Å². The Morgan fingerprint density at radius 2 is 1.74 bits per heavy atom. The maximum Gasteiger partial charge on any atom is 0.325 e. The Balaban J connectivity index is 1.42. The molecule has 1 aromatic carbocycles. The number of carbonyl (C=O) groups excluding carboxylic acids is 4. The van der Waals surface area contributed by atoms with Crippen LogP contribution in [0.2, 0.25) is 0 Å². The van der Waals surface area contributed by atoms with Gasteiger partial charge in [-0.1, -0.05) is 30.5 Å². The molecule has 9 heteroatoms. The first-order chi connectivity index (χ1) is 12.9. The van der Waals surface area contributed by atoms with Crippen LogP contribution in [0.5, 0.6) is 5.75 Å². The Bertz CT molecular complexity index is 756. The van der Waals surface area contributed by atoms with Crippen LogP contribution in [0, 0.1) is 6.92 Å². The van der Waals surface area contributed by atoms with E-state index in [2.05, 4.69) is 16.2 Å². The van der Waals surface area contributed by atoms with Gasteiger partial charge < -0.3 is 10.1 Å². The number of imide groups is 1. The van der Waals surface area contributed by atoms with Crippen molar-refractivity contribution in [3.63, 3.8) is 0 Å². The Morgan fingerprint density at radius 1 is 1.11 bits per heavy atom. The van der Waals surface area contributed by atoms with Crippen LogP contribution >= 0.6 is 0 Å². The molecule has 3 rings (SSSR count). The molecular formula is C18H22N4O5. The summed E-state index contributed by atoms with van der Waals surface area (Å²) in [6.07, 6.45) is 2.90. The fourth-order valence-electron chi connectivity index (χ4n) is 3.28. The summed E-state index contributed by atoms with van der Waals surface area (Å²) in [5, 5.41) is 2.69. The van der Waals surface area contributed by atoms with E-state index in [1.807, 2.05) is 19.1 Å². The quantitative estimate of drug-likeness (QED) is 0.509. The van der Waals surface area contributed by atoms with Gasteiger partial charge in [0.25, 0.3) is 17.7 Å². The molecule has 3 N–H and O–H groups in total. The highest BCUT2D eigenvalue weighted by atomic mass is 16.5. The number of hydrazine groups is 1. The molecule has 2 fully saturated rings. The predicted molar refractivity (Wildman–Crippen MR) is 94.4 cm³/mol. The number of ether oxygens (including phenoxy) is 1. The van der Waals surface area contributed by atoms with Crippen molar-refractivity contribution in [3.8, 4) is 5.75 Å². The van der Waals surface area contributed by atoms with E-state index in [4.69, 9.17) is 4.74 Å². The zero-order valence-corrected chi connectivity index (χ0v) is 15.0. The normalized spacial score (nSPS) is 17.7. The Hall–Kier alpha value is -3.10. The Labute approximate surface area is 156 Å². The van der Waals surface area contributed by atoms with E-state index < -0.39 is 29.9 Å². The molecular weight excluding hydrogens is 352 g/mol. The van der Waals surface area contributed by atoms with Gasteiger partial charge in [-0.2, -0.15) is 0 Å². The molecule has 5 amide bonds. The minimum Gasteiger partial charge on any atom is -0.484 e. The summed E-state index contributed by atoms with van der Waals surface area (Å²) in [5.74, 6) is -1.08. The van der Waals surface area contributed by atoms with Gasteiger partial charge in [-0.25, -0.2) is 4.79 Å². The smallest absolute Gasteiger partial charge is 0.325 e. The lowest BCUT2D eigenvalue weighted by atomic mass is 9.98. The molecule has 1 saturated heterocycles. The number of benzene rings is 1. The standard InChI is InChI=1S/C18H22N4O5/c1-12-4-6-13(7-5-12)27-11-15(24)21-20-14(23)10-22-16(25)18(19-17(22)26)8-2-3-9-18/h4-7H,2-3,8-11H2,1H3,(H,19,26)(H,20,23)(H,21,24). The van der Waals surface area contributed by atoms with Crippen LogP contribution < -0.4 is 20.9 Å². The summed E-state index contributed by atoms with van der Waals surface area (Å²) >= 11 is 0. The summed E-state index contributed by atoms with van der Waals surface area (Å²) < 4.78 is 5.29. The molecule has 9 nitrogen and oxygen atoms in total. The third kappa shape index (κ3) is 4.18. The zero-order valence-electron chi connectivity index (χ0n) is 15.0. The maximum absolute atomic E-state index is 12.5. The van der Waals surface area contributed by atoms with Crippen molar-refractivity contribution in [1.29, 1.82) is 0 Å². The summed E-state index contributed by atoms with van der Waals surface area (Å²) in [6.45, 7) is 1.20. The fraction of sp³-hybridized carbons (Fsp3) is 0.444. The Kier molecular flexibility index (Phi) is 5.29.